The molecule has 0 amide bonds. The van der Waals surface area contributed by atoms with Gasteiger partial charge in [0.2, 0.25) is 5.88 Å². The zero-order chi connectivity index (χ0) is 9.90. The molecule has 2 N–H and O–H groups in total. The van der Waals surface area contributed by atoms with E-state index in [1.54, 1.807) is 13.3 Å². The van der Waals surface area contributed by atoms with Crippen LogP contribution in [0.15, 0.2) is 18.3 Å². The highest BCUT2D eigenvalue weighted by Crippen LogP contribution is 2.11. The second-order valence-electron chi connectivity index (χ2n) is 3.87. The molecule has 3 nitrogen and oxygen atoms in total. The second kappa shape index (κ2) is 3.75. The van der Waals surface area contributed by atoms with E-state index in [4.69, 9.17) is 10.5 Å². The van der Waals surface area contributed by atoms with Crippen LogP contribution in [0.1, 0.15) is 19.4 Å². The van der Waals surface area contributed by atoms with Gasteiger partial charge in [0.1, 0.15) is 0 Å². The van der Waals surface area contributed by atoms with E-state index in [9.17, 15) is 0 Å². The molecule has 1 aromatic rings. The van der Waals surface area contributed by atoms with Gasteiger partial charge >= 0.3 is 0 Å². The Kier molecular flexibility index (Phi) is 2.88. The normalized spacial score (nSPS) is 11.4. The quantitative estimate of drug-likeness (QED) is 0.764. The fourth-order valence-corrected chi connectivity index (χ4v) is 1.16. The lowest BCUT2D eigenvalue weighted by Crippen LogP contribution is -2.34. The van der Waals surface area contributed by atoms with Gasteiger partial charge in [0.25, 0.3) is 0 Å². The molecule has 0 atom stereocenters. The number of pyridine rings is 1. The Hall–Kier alpha value is -1.09. The minimum absolute atomic E-state index is 0.184. The summed E-state index contributed by atoms with van der Waals surface area (Å²) in [5.74, 6) is 0.638. The van der Waals surface area contributed by atoms with Crippen molar-refractivity contribution in [2.45, 2.75) is 25.8 Å². The van der Waals surface area contributed by atoms with Gasteiger partial charge in [-0.15, -0.1) is 0 Å². The fourth-order valence-electron chi connectivity index (χ4n) is 1.16. The summed E-state index contributed by atoms with van der Waals surface area (Å²) in [5, 5.41) is 0. The standard InChI is InChI=1S/C10H16N2O/c1-10(2,11)6-8-4-5-9(13-3)12-7-8/h4-5,7H,6,11H2,1-3H3. The summed E-state index contributed by atoms with van der Waals surface area (Å²) in [4.78, 5) is 4.10. The summed E-state index contributed by atoms with van der Waals surface area (Å²) in [7, 11) is 1.61. The molecule has 1 aromatic heterocycles. The van der Waals surface area contributed by atoms with Gasteiger partial charge in [-0.3, -0.25) is 0 Å². The molecule has 0 fully saturated rings. The Morgan fingerprint density at radius 2 is 2.15 bits per heavy atom. The van der Waals surface area contributed by atoms with Crippen molar-refractivity contribution in [2.75, 3.05) is 7.11 Å². The summed E-state index contributed by atoms with van der Waals surface area (Å²) >= 11 is 0. The first-order valence-corrected chi connectivity index (χ1v) is 4.29. The van der Waals surface area contributed by atoms with Gasteiger partial charge in [0.05, 0.1) is 7.11 Å². The van der Waals surface area contributed by atoms with Crippen LogP contribution in [-0.2, 0) is 6.42 Å². The van der Waals surface area contributed by atoms with Crippen LogP contribution in [0, 0.1) is 0 Å². The van der Waals surface area contributed by atoms with Crippen LogP contribution in [0.2, 0.25) is 0 Å². The number of ether oxygens (including phenoxy) is 1. The van der Waals surface area contributed by atoms with Gasteiger partial charge in [-0.05, 0) is 25.8 Å². The summed E-state index contributed by atoms with van der Waals surface area (Å²) in [5.41, 5.74) is 6.83. The molecule has 72 valence electrons. The molecule has 0 saturated carbocycles. The number of aromatic nitrogens is 1. The molecule has 0 aliphatic heterocycles. The van der Waals surface area contributed by atoms with E-state index < -0.39 is 0 Å². The number of hydrogen-bond acceptors (Lipinski definition) is 3. The Labute approximate surface area is 78.9 Å². The largest absolute Gasteiger partial charge is 0.481 e. The lowest BCUT2D eigenvalue weighted by atomic mass is 9.98. The zero-order valence-corrected chi connectivity index (χ0v) is 8.37. The first-order chi connectivity index (χ1) is 6.01. The fraction of sp³-hybridized carbons (Fsp3) is 0.500. The van der Waals surface area contributed by atoms with E-state index in [0.29, 0.717) is 5.88 Å². The van der Waals surface area contributed by atoms with Gasteiger partial charge < -0.3 is 10.5 Å². The van der Waals surface area contributed by atoms with Gasteiger partial charge in [-0.2, -0.15) is 0 Å². The van der Waals surface area contributed by atoms with E-state index in [1.807, 2.05) is 26.0 Å². The first-order valence-electron chi connectivity index (χ1n) is 4.29. The van der Waals surface area contributed by atoms with Crippen LogP contribution in [0.5, 0.6) is 5.88 Å². The predicted octanol–water partition coefficient (Wildman–Crippen LogP) is 1.37. The van der Waals surface area contributed by atoms with Crippen LogP contribution in [-0.4, -0.2) is 17.6 Å². The maximum atomic E-state index is 5.88. The highest BCUT2D eigenvalue weighted by molar-refractivity contribution is 5.19. The maximum absolute atomic E-state index is 5.88. The SMILES string of the molecule is COc1ccc(CC(C)(C)N)cn1. The van der Waals surface area contributed by atoms with Crippen molar-refractivity contribution in [3.63, 3.8) is 0 Å². The minimum Gasteiger partial charge on any atom is -0.481 e. The number of nitrogens with two attached hydrogens (primary N) is 1. The molecule has 0 saturated heterocycles. The van der Waals surface area contributed by atoms with Gasteiger partial charge in [-0.1, -0.05) is 6.07 Å². The first kappa shape index (κ1) is 9.99. The van der Waals surface area contributed by atoms with Gasteiger partial charge in [0, 0.05) is 17.8 Å². The molecule has 3 heteroatoms. The Morgan fingerprint density at radius 3 is 2.54 bits per heavy atom. The highest BCUT2D eigenvalue weighted by Gasteiger charge is 2.11. The molecular formula is C10H16N2O. The summed E-state index contributed by atoms with van der Waals surface area (Å²) < 4.78 is 4.96. The molecular weight excluding hydrogens is 164 g/mol. The van der Waals surface area contributed by atoms with Crippen LogP contribution in [0.3, 0.4) is 0 Å². The summed E-state index contributed by atoms with van der Waals surface area (Å²) in [6.45, 7) is 3.99. The lowest BCUT2D eigenvalue weighted by Gasteiger charge is -2.17. The molecule has 0 spiro atoms. The van der Waals surface area contributed by atoms with Gasteiger partial charge in [-0.25, -0.2) is 4.98 Å². The van der Waals surface area contributed by atoms with Crippen LogP contribution >= 0.6 is 0 Å². The molecule has 0 unspecified atom stereocenters. The van der Waals surface area contributed by atoms with Crippen molar-refractivity contribution < 1.29 is 4.74 Å². The van der Waals surface area contributed by atoms with E-state index in [2.05, 4.69) is 4.98 Å². The molecule has 1 rings (SSSR count). The topological polar surface area (TPSA) is 48.1 Å². The Balaban J connectivity index is 2.70. The second-order valence-corrected chi connectivity index (χ2v) is 3.87. The molecule has 13 heavy (non-hydrogen) atoms. The summed E-state index contributed by atoms with van der Waals surface area (Å²) in [6.07, 6.45) is 2.62. The molecule has 0 aliphatic carbocycles. The number of hydrogen-bond donors (Lipinski definition) is 1. The predicted molar refractivity (Wildman–Crippen MR) is 52.8 cm³/mol. The molecule has 0 radical (unpaired) electrons. The highest BCUT2D eigenvalue weighted by atomic mass is 16.5. The zero-order valence-electron chi connectivity index (χ0n) is 8.37. The average Bonchev–Trinajstić information content (AvgIpc) is 2.03. The smallest absolute Gasteiger partial charge is 0.212 e. The summed E-state index contributed by atoms with van der Waals surface area (Å²) in [6, 6.07) is 3.83. The third kappa shape index (κ3) is 3.42. The third-order valence-electron chi connectivity index (χ3n) is 1.67. The van der Waals surface area contributed by atoms with Crippen molar-refractivity contribution in [2.24, 2.45) is 5.73 Å². The van der Waals surface area contributed by atoms with E-state index >= 15 is 0 Å². The van der Waals surface area contributed by atoms with E-state index in [-0.39, 0.29) is 5.54 Å². The number of methoxy groups -OCH3 is 1. The molecule has 1 heterocycles. The van der Waals surface area contributed by atoms with Crippen LogP contribution < -0.4 is 10.5 Å². The molecule has 0 bridgehead atoms. The number of rotatable bonds is 3. The molecule has 0 aromatic carbocycles. The Bertz CT molecular complexity index is 261. The van der Waals surface area contributed by atoms with Crippen molar-refractivity contribution in [1.29, 1.82) is 0 Å². The monoisotopic (exact) mass is 180 g/mol. The average molecular weight is 180 g/mol. The van der Waals surface area contributed by atoms with Crippen LogP contribution in [0.25, 0.3) is 0 Å². The lowest BCUT2D eigenvalue weighted by molar-refractivity contribution is 0.397. The van der Waals surface area contributed by atoms with Crippen molar-refractivity contribution in [1.82, 2.24) is 4.98 Å². The third-order valence-corrected chi connectivity index (χ3v) is 1.67. The van der Waals surface area contributed by atoms with Gasteiger partial charge in [0.15, 0.2) is 0 Å². The molecule has 0 aliphatic rings. The van der Waals surface area contributed by atoms with E-state index in [1.165, 1.54) is 0 Å². The van der Waals surface area contributed by atoms with Crippen molar-refractivity contribution in [3.05, 3.63) is 23.9 Å². The van der Waals surface area contributed by atoms with Crippen LogP contribution in [0.4, 0.5) is 0 Å². The van der Waals surface area contributed by atoms with Crippen molar-refractivity contribution >= 4 is 0 Å². The number of nitrogens with zero attached hydrogens (tertiary/aromatic N) is 1. The minimum atomic E-state index is -0.184. The Morgan fingerprint density at radius 1 is 1.46 bits per heavy atom. The maximum Gasteiger partial charge on any atom is 0.212 e. The van der Waals surface area contributed by atoms with Crippen molar-refractivity contribution in [3.8, 4) is 5.88 Å². The van der Waals surface area contributed by atoms with E-state index in [0.717, 1.165) is 12.0 Å².